The lowest BCUT2D eigenvalue weighted by atomic mass is 10.1. The van der Waals surface area contributed by atoms with Crippen LogP contribution in [0.1, 0.15) is 29.8 Å². The Morgan fingerprint density at radius 1 is 1.33 bits per heavy atom. The molecule has 1 amide bonds. The van der Waals surface area contributed by atoms with E-state index in [2.05, 4.69) is 0 Å². The molecule has 1 aliphatic rings. The summed E-state index contributed by atoms with van der Waals surface area (Å²) < 4.78 is 26.3. The molecule has 1 aromatic carbocycles. The second-order valence-electron chi connectivity index (χ2n) is 3.91. The van der Waals surface area contributed by atoms with Gasteiger partial charge < -0.3 is 4.90 Å². The van der Waals surface area contributed by atoms with Crippen LogP contribution in [0.5, 0.6) is 0 Å². The van der Waals surface area contributed by atoms with Crippen LogP contribution < -0.4 is 0 Å². The predicted molar refractivity (Wildman–Crippen MR) is 51.4 cm³/mol. The average molecular weight is 211 g/mol. The molecule has 1 aliphatic heterocycles. The van der Waals surface area contributed by atoms with Crippen LogP contribution >= 0.6 is 0 Å². The molecule has 2 nitrogen and oxygen atoms in total. The van der Waals surface area contributed by atoms with Crippen molar-refractivity contribution in [1.29, 1.82) is 0 Å². The van der Waals surface area contributed by atoms with E-state index in [4.69, 9.17) is 0 Å². The van der Waals surface area contributed by atoms with Crippen molar-refractivity contribution in [3.05, 3.63) is 34.9 Å². The monoisotopic (exact) mass is 211 g/mol. The van der Waals surface area contributed by atoms with Crippen LogP contribution in [-0.4, -0.2) is 16.8 Å². The third-order valence-corrected chi connectivity index (χ3v) is 2.64. The first-order chi connectivity index (χ1) is 7.02. The van der Waals surface area contributed by atoms with Crippen molar-refractivity contribution in [3.63, 3.8) is 0 Å². The number of halogens is 2. The summed E-state index contributed by atoms with van der Waals surface area (Å²) >= 11 is 0. The summed E-state index contributed by atoms with van der Waals surface area (Å²) in [5.41, 5.74) is 0.455. The molecule has 0 saturated carbocycles. The molecule has 0 fully saturated rings. The molecule has 80 valence electrons. The fraction of sp³-hybridized carbons (Fsp3) is 0.364. The van der Waals surface area contributed by atoms with Crippen LogP contribution in [0, 0.1) is 11.6 Å². The highest BCUT2D eigenvalue weighted by molar-refractivity contribution is 5.98. The molecule has 0 unspecified atom stereocenters. The quantitative estimate of drug-likeness (QED) is 0.698. The van der Waals surface area contributed by atoms with E-state index in [-0.39, 0.29) is 29.6 Å². The van der Waals surface area contributed by atoms with Crippen LogP contribution in [0.15, 0.2) is 12.1 Å². The molecule has 2 rings (SSSR count). The summed E-state index contributed by atoms with van der Waals surface area (Å²) in [6.45, 7) is 3.85. The summed E-state index contributed by atoms with van der Waals surface area (Å²) in [6, 6.07) is 2.33. The van der Waals surface area contributed by atoms with Gasteiger partial charge in [-0.25, -0.2) is 8.78 Å². The maximum absolute atomic E-state index is 13.4. The molecule has 0 radical (unpaired) electrons. The van der Waals surface area contributed by atoms with Crippen LogP contribution in [0.3, 0.4) is 0 Å². The minimum atomic E-state index is -0.899. The summed E-state index contributed by atoms with van der Waals surface area (Å²) in [6.07, 6.45) is 0. The van der Waals surface area contributed by atoms with Crippen molar-refractivity contribution in [3.8, 4) is 0 Å². The van der Waals surface area contributed by atoms with Crippen LogP contribution in [0.4, 0.5) is 8.78 Å². The molecule has 1 aromatic rings. The van der Waals surface area contributed by atoms with Crippen LogP contribution in [-0.2, 0) is 6.54 Å². The Morgan fingerprint density at radius 3 is 2.60 bits per heavy atom. The highest BCUT2D eigenvalue weighted by Crippen LogP contribution is 2.27. The lowest BCUT2D eigenvalue weighted by Gasteiger charge is -2.19. The highest BCUT2D eigenvalue weighted by atomic mass is 19.2. The summed E-state index contributed by atoms with van der Waals surface area (Å²) in [5.74, 6) is -2.02. The first-order valence-electron chi connectivity index (χ1n) is 4.80. The van der Waals surface area contributed by atoms with E-state index in [1.165, 1.54) is 11.0 Å². The third-order valence-electron chi connectivity index (χ3n) is 2.64. The second-order valence-corrected chi connectivity index (χ2v) is 3.91. The molecule has 0 N–H and O–H groups in total. The Morgan fingerprint density at radius 2 is 2.00 bits per heavy atom. The number of amides is 1. The molecular formula is C11H11F2NO. The van der Waals surface area contributed by atoms with E-state index < -0.39 is 11.6 Å². The molecule has 0 bridgehead atoms. The Labute approximate surface area is 86.5 Å². The molecule has 0 aromatic heterocycles. The number of rotatable bonds is 1. The van der Waals surface area contributed by atoms with Gasteiger partial charge in [-0.15, -0.1) is 0 Å². The van der Waals surface area contributed by atoms with Gasteiger partial charge in [0.2, 0.25) is 0 Å². The summed E-state index contributed by atoms with van der Waals surface area (Å²) in [7, 11) is 0. The molecule has 4 heteroatoms. The van der Waals surface area contributed by atoms with Gasteiger partial charge in [-0.3, -0.25) is 4.79 Å². The van der Waals surface area contributed by atoms with Crippen molar-refractivity contribution in [2.24, 2.45) is 0 Å². The Hall–Kier alpha value is -1.45. The van der Waals surface area contributed by atoms with E-state index >= 15 is 0 Å². The van der Waals surface area contributed by atoms with E-state index in [9.17, 15) is 13.6 Å². The second kappa shape index (κ2) is 3.29. The number of hydrogen-bond donors (Lipinski definition) is 0. The first kappa shape index (κ1) is 10.1. The van der Waals surface area contributed by atoms with Gasteiger partial charge in [0.15, 0.2) is 11.6 Å². The minimum absolute atomic E-state index is 0.00707. The van der Waals surface area contributed by atoms with E-state index in [0.717, 1.165) is 6.07 Å². The van der Waals surface area contributed by atoms with Gasteiger partial charge >= 0.3 is 0 Å². The van der Waals surface area contributed by atoms with Gasteiger partial charge in [0.1, 0.15) is 0 Å². The van der Waals surface area contributed by atoms with Crippen molar-refractivity contribution in [1.82, 2.24) is 4.90 Å². The first-order valence-corrected chi connectivity index (χ1v) is 4.80. The standard InChI is InChI=1S/C11H11F2NO/c1-6(2)14-5-8-7(11(14)15)3-4-9(12)10(8)13/h3-4,6H,5H2,1-2H3. The molecule has 0 atom stereocenters. The van der Waals surface area contributed by atoms with Gasteiger partial charge in [-0.2, -0.15) is 0 Å². The SMILES string of the molecule is CC(C)N1Cc2c(ccc(F)c2F)C1=O. The fourth-order valence-corrected chi connectivity index (χ4v) is 1.76. The van der Waals surface area contributed by atoms with Gasteiger partial charge in [-0.05, 0) is 26.0 Å². The zero-order valence-electron chi connectivity index (χ0n) is 8.55. The Bertz CT molecular complexity index is 429. The topological polar surface area (TPSA) is 20.3 Å². The van der Waals surface area contributed by atoms with Crippen molar-refractivity contribution >= 4 is 5.91 Å². The number of carbonyl (C=O) groups is 1. The third kappa shape index (κ3) is 1.40. The highest BCUT2D eigenvalue weighted by Gasteiger charge is 2.32. The van der Waals surface area contributed by atoms with E-state index in [1.54, 1.807) is 0 Å². The van der Waals surface area contributed by atoms with Gasteiger partial charge in [0.25, 0.3) is 5.91 Å². The van der Waals surface area contributed by atoms with Crippen LogP contribution in [0.25, 0.3) is 0 Å². The summed E-state index contributed by atoms with van der Waals surface area (Å²) in [4.78, 5) is 13.3. The molecular weight excluding hydrogens is 200 g/mol. The molecule has 0 aliphatic carbocycles. The lowest BCUT2D eigenvalue weighted by Crippen LogP contribution is -2.30. The minimum Gasteiger partial charge on any atom is -0.332 e. The Balaban J connectivity index is 2.50. The largest absolute Gasteiger partial charge is 0.332 e. The zero-order chi connectivity index (χ0) is 11.2. The van der Waals surface area contributed by atoms with Gasteiger partial charge in [0, 0.05) is 17.2 Å². The van der Waals surface area contributed by atoms with E-state index in [1.807, 2.05) is 13.8 Å². The molecule has 1 heterocycles. The molecule has 15 heavy (non-hydrogen) atoms. The van der Waals surface area contributed by atoms with Gasteiger partial charge in [-0.1, -0.05) is 0 Å². The molecule has 0 spiro atoms. The summed E-state index contributed by atoms with van der Waals surface area (Å²) in [5, 5.41) is 0. The van der Waals surface area contributed by atoms with Crippen molar-refractivity contribution in [2.75, 3.05) is 0 Å². The van der Waals surface area contributed by atoms with Gasteiger partial charge in [0.05, 0.1) is 6.54 Å². The maximum atomic E-state index is 13.4. The maximum Gasteiger partial charge on any atom is 0.254 e. The zero-order valence-corrected chi connectivity index (χ0v) is 8.55. The fourth-order valence-electron chi connectivity index (χ4n) is 1.76. The lowest BCUT2D eigenvalue weighted by molar-refractivity contribution is 0.0730. The predicted octanol–water partition coefficient (Wildman–Crippen LogP) is 2.33. The number of nitrogens with zero attached hydrogens (tertiary/aromatic N) is 1. The number of carbonyl (C=O) groups excluding carboxylic acids is 1. The Kier molecular flexibility index (Phi) is 2.21. The number of hydrogen-bond acceptors (Lipinski definition) is 1. The normalized spacial score (nSPS) is 15.0. The smallest absolute Gasteiger partial charge is 0.254 e. The number of fused-ring (bicyclic) bond motifs is 1. The number of benzene rings is 1. The van der Waals surface area contributed by atoms with Crippen molar-refractivity contribution < 1.29 is 13.6 Å². The van der Waals surface area contributed by atoms with Crippen LogP contribution in [0.2, 0.25) is 0 Å². The average Bonchev–Trinajstić information content (AvgIpc) is 2.51. The van der Waals surface area contributed by atoms with Crippen molar-refractivity contribution in [2.45, 2.75) is 26.4 Å². The van der Waals surface area contributed by atoms with E-state index in [0.29, 0.717) is 0 Å². The molecule has 0 saturated heterocycles.